The van der Waals surface area contributed by atoms with Gasteiger partial charge in [-0.05, 0) is 56.6 Å². The molecule has 2 aromatic rings. The molecule has 3 heterocycles. The molecule has 30 heavy (non-hydrogen) atoms. The Morgan fingerprint density at radius 2 is 1.93 bits per heavy atom. The van der Waals surface area contributed by atoms with Crippen LogP contribution < -0.4 is 10.9 Å². The summed E-state index contributed by atoms with van der Waals surface area (Å²) < 4.78 is 44.1. The summed E-state index contributed by atoms with van der Waals surface area (Å²) in [6.45, 7) is 4.34. The third kappa shape index (κ3) is 3.92. The lowest BCUT2D eigenvalue weighted by atomic mass is 9.93. The van der Waals surface area contributed by atoms with Crippen molar-refractivity contribution in [1.82, 2.24) is 20.1 Å². The summed E-state index contributed by atoms with van der Waals surface area (Å²) >= 11 is 0. The molecule has 1 saturated heterocycles. The van der Waals surface area contributed by atoms with Gasteiger partial charge in [-0.1, -0.05) is 5.10 Å². The molecule has 0 bridgehead atoms. The van der Waals surface area contributed by atoms with Gasteiger partial charge >= 0.3 is 12.2 Å². The number of carbonyl (C=O) groups excluding carboxylic acids is 1. The van der Waals surface area contributed by atoms with Gasteiger partial charge in [-0.3, -0.25) is 9.59 Å². The first kappa shape index (κ1) is 20.4. The molecule has 0 unspecified atom stereocenters. The predicted molar refractivity (Wildman–Crippen MR) is 101 cm³/mol. The number of likely N-dealkylation sites (tertiary alicyclic amines) is 1. The Labute approximate surface area is 169 Å². The molecule has 1 saturated carbocycles. The number of alkyl halides is 3. The Morgan fingerprint density at radius 3 is 2.53 bits per heavy atom. The largest absolute Gasteiger partial charge is 0.431 e. The number of halogens is 3. The molecule has 1 aliphatic carbocycles. The summed E-state index contributed by atoms with van der Waals surface area (Å²) in [6, 6.07) is 0.340. The van der Waals surface area contributed by atoms with Crippen molar-refractivity contribution in [3.05, 3.63) is 27.7 Å². The van der Waals surface area contributed by atoms with E-state index in [4.69, 9.17) is 4.42 Å². The molecule has 0 aromatic carbocycles. The number of pyridine rings is 1. The molecule has 1 amide bonds. The number of carbonyl (C=O) groups is 1. The number of rotatable bonds is 4. The Hall–Kier alpha value is -2.85. The van der Waals surface area contributed by atoms with Gasteiger partial charge in [0.25, 0.3) is 11.4 Å². The van der Waals surface area contributed by atoms with E-state index in [0.29, 0.717) is 5.41 Å². The van der Waals surface area contributed by atoms with Crippen LogP contribution in [-0.4, -0.2) is 45.1 Å². The van der Waals surface area contributed by atoms with Crippen LogP contribution in [0.25, 0.3) is 11.5 Å². The molecule has 1 atom stereocenters. The monoisotopic (exact) mass is 425 g/mol. The predicted octanol–water partition coefficient (Wildman–Crippen LogP) is 2.96. The smallest absolute Gasteiger partial charge is 0.403 e. The van der Waals surface area contributed by atoms with E-state index >= 15 is 0 Å². The van der Waals surface area contributed by atoms with Crippen molar-refractivity contribution >= 4 is 11.9 Å². The van der Waals surface area contributed by atoms with E-state index in [0.717, 1.165) is 32.0 Å². The summed E-state index contributed by atoms with van der Waals surface area (Å²) in [5.74, 6) is -0.322. The Bertz CT molecular complexity index is 1020. The lowest BCUT2D eigenvalue weighted by Gasteiger charge is -2.33. The van der Waals surface area contributed by atoms with Crippen molar-refractivity contribution in [3.63, 3.8) is 0 Å². The van der Waals surface area contributed by atoms with E-state index in [-0.39, 0.29) is 28.9 Å². The highest BCUT2D eigenvalue weighted by Gasteiger charge is 2.45. The van der Waals surface area contributed by atoms with E-state index in [1.165, 1.54) is 19.8 Å². The number of H-pyrrole nitrogens is 1. The summed E-state index contributed by atoms with van der Waals surface area (Å²) in [4.78, 5) is 28.4. The summed E-state index contributed by atoms with van der Waals surface area (Å²) in [5.41, 5.74) is -2.00. The highest BCUT2D eigenvalue weighted by Crippen LogP contribution is 2.53. The molecule has 11 heteroatoms. The highest BCUT2D eigenvalue weighted by atomic mass is 19.4. The molecule has 8 nitrogen and oxygen atoms in total. The highest BCUT2D eigenvalue weighted by molar-refractivity contribution is 5.83. The summed E-state index contributed by atoms with van der Waals surface area (Å²) in [6.07, 6.45) is -0.141. The first-order valence-electron chi connectivity index (χ1n) is 9.78. The third-order valence-electron chi connectivity index (χ3n) is 5.98. The molecule has 2 fully saturated rings. The van der Waals surface area contributed by atoms with Crippen LogP contribution in [0.4, 0.5) is 19.2 Å². The molecule has 2 N–H and O–H groups in total. The minimum atomic E-state index is -4.67. The van der Waals surface area contributed by atoms with Crippen LogP contribution >= 0.6 is 0 Å². The average Bonchev–Trinajstić information content (AvgIpc) is 3.27. The molecule has 0 radical (unpaired) electrons. The number of amides is 1. The molecular weight excluding hydrogens is 403 g/mol. The van der Waals surface area contributed by atoms with Crippen molar-refractivity contribution in [3.8, 4) is 11.5 Å². The standard InChI is InChI=1S/C19H22F3N5O3/c1-10-9-12(14(28)24-13(10)19(20,21)22)15-25-26-17(30-15)23-11(2)16(29)27-7-5-18(3-4-18)6-8-27/h9,11H,3-8H2,1-2H3,(H,23,26)(H,24,28)/t11-/m0/s1. The average molecular weight is 425 g/mol. The van der Waals surface area contributed by atoms with Gasteiger partial charge in [-0.25, -0.2) is 0 Å². The minimum Gasteiger partial charge on any atom is -0.403 e. The van der Waals surface area contributed by atoms with Gasteiger partial charge in [0.2, 0.25) is 5.91 Å². The lowest BCUT2D eigenvalue weighted by molar-refractivity contribution is -0.141. The Kier molecular flexibility index (Phi) is 4.86. The third-order valence-corrected chi connectivity index (χ3v) is 5.98. The molecule has 2 aliphatic rings. The number of hydrogen-bond acceptors (Lipinski definition) is 6. The van der Waals surface area contributed by atoms with Crippen LogP contribution in [0.3, 0.4) is 0 Å². The maximum atomic E-state index is 12.9. The van der Waals surface area contributed by atoms with Crippen molar-refractivity contribution in [1.29, 1.82) is 0 Å². The normalized spacial score (nSPS) is 19.0. The van der Waals surface area contributed by atoms with Crippen molar-refractivity contribution in [2.75, 3.05) is 18.4 Å². The van der Waals surface area contributed by atoms with E-state index in [1.807, 2.05) is 9.88 Å². The second-order valence-electron chi connectivity index (χ2n) is 8.17. The Morgan fingerprint density at radius 1 is 1.27 bits per heavy atom. The fourth-order valence-corrected chi connectivity index (χ4v) is 3.88. The first-order valence-corrected chi connectivity index (χ1v) is 9.78. The van der Waals surface area contributed by atoms with Gasteiger partial charge in [0, 0.05) is 13.1 Å². The van der Waals surface area contributed by atoms with Gasteiger partial charge < -0.3 is 19.6 Å². The van der Waals surface area contributed by atoms with Crippen molar-refractivity contribution < 1.29 is 22.4 Å². The number of aromatic nitrogens is 3. The first-order chi connectivity index (χ1) is 14.1. The van der Waals surface area contributed by atoms with Crippen LogP contribution in [-0.2, 0) is 11.0 Å². The molecular formula is C19H22F3N5O3. The second kappa shape index (κ2) is 7.13. The van der Waals surface area contributed by atoms with E-state index in [9.17, 15) is 22.8 Å². The maximum absolute atomic E-state index is 12.9. The zero-order valence-electron chi connectivity index (χ0n) is 16.6. The second-order valence-corrected chi connectivity index (χ2v) is 8.17. The van der Waals surface area contributed by atoms with Gasteiger partial charge in [0.1, 0.15) is 17.3 Å². The van der Waals surface area contributed by atoms with Gasteiger partial charge in [-0.2, -0.15) is 13.2 Å². The molecule has 4 rings (SSSR count). The van der Waals surface area contributed by atoms with E-state index < -0.39 is 23.5 Å². The zero-order valence-corrected chi connectivity index (χ0v) is 16.6. The number of piperidine rings is 1. The van der Waals surface area contributed by atoms with E-state index in [2.05, 4.69) is 15.5 Å². The lowest BCUT2D eigenvalue weighted by Crippen LogP contribution is -2.45. The molecule has 1 aliphatic heterocycles. The molecule has 162 valence electrons. The number of aryl methyl sites for hydroxylation is 1. The van der Waals surface area contributed by atoms with Crippen molar-refractivity contribution in [2.45, 2.75) is 51.7 Å². The SMILES string of the molecule is Cc1cc(-c2nnc(N[C@@H](C)C(=O)N3CCC4(CC3)CC4)o2)c(=O)[nH]c1C(F)(F)F. The van der Waals surface area contributed by atoms with Crippen LogP contribution in [0.2, 0.25) is 0 Å². The van der Waals surface area contributed by atoms with E-state index in [1.54, 1.807) is 6.92 Å². The number of anilines is 1. The number of aromatic amines is 1. The number of nitrogens with one attached hydrogen (secondary N) is 2. The topological polar surface area (TPSA) is 104 Å². The zero-order chi connectivity index (χ0) is 21.7. The summed E-state index contributed by atoms with van der Waals surface area (Å²) in [5, 5.41) is 10.3. The van der Waals surface area contributed by atoms with Gasteiger partial charge in [0.05, 0.1) is 0 Å². The fourth-order valence-electron chi connectivity index (χ4n) is 3.88. The van der Waals surface area contributed by atoms with Crippen LogP contribution in [0, 0.1) is 12.3 Å². The maximum Gasteiger partial charge on any atom is 0.431 e. The number of nitrogens with zero attached hydrogens (tertiary/aromatic N) is 3. The van der Waals surface area contributed by atoms with Gasteiger partial charge in [0.15, 0.2) is 0 Å². The number of hydrogen-bond donors (Lipinski definition) is 2. The van der Waals surface area contributed by atoms with Crippen LogP contribution in [0.5, 0.6) is 0 Å². The molecule has 2 aromatic heterocycles. The van der Waals surface area contributed by atoms with Gasteiger partial charge in [-0.15, -0.1) is 5.10 Å². The minimum absolute atomic E-state index is 0.0847. The van der Waals surface area contributed by atoms with Crippen molar-refractivity contribution in [2.24, 2.45) is 5.41 Å². The summed E-state index contributed by atoms with van der Waals surface area (Å²) in [7, 11) is 0. The Balaban J connectivity index is 1.44. The van der Waals surface area contributed by atoms with Crippen LogP contribution in [0.1, 0.15) is 43.9 Å². The van der Waals surface area contributed by atoms with Crippen LogP contribution in [0.15, 0.2) is 15.3 Å². The molecule has 1 spiro atoms. The quantitative estimate of drug-likeness (QED) is 0.781. The fraction of sp³-hybridized carbons (Fsp3) is 0.579.